The highest BCUT2D eigenvalue weighted by Crippen LogP contribution is 2.22. The van der Waals surface area contributed by atoms with E-state index in [-0.39, 0.29) is 0 Å². The summed E-state index contributed by atoms with van der Waals surface area (Å²) < 4.78 is 5.24. The quantitative estimate of drug-likeness (QED) is 0.612. The second-order valence-electron chi connectivity index (χ2n) is 5.20. The van der Waals surface area contributed by atoms with Gasteiger partial charge in [0.15, 0.2) is 5.70 Å². The number of rotatable bonds is 2. The molecule has 22 heavy (non-hydrogen) atoms. The molecular weight excluding hydrogens is 298 g/mol. The van der Waals surface area contributed by atoms with Crippen LogP contribution in [0.5, 0.6) is 0 Å². The molecule has 110 valence electrons. The van der Waals surface area contributed by atoms with E-state index in [0.717, 1.165) is 22.3 Å². The number of aliphatic imine (C=N–C) groups is 1. The van der Waals surface area contributed by atoms with Crippen LogP contribution in [-0.4, -0.2) is 11.9 Å². The number of ether oxygens (including phenoxy) is 1. The average molecular weight is 312 g/mol. The molecular formula is C18H14ClNO2. The summed E-state index contributed by atoms with van der Waals surface area (Å²) in [5, 5.41) is 0.625. The molecule has 0 bridgehead atoms. The van der Waals surface area contributed by atoms with Crippen LogP contribution in [0.15, 0.2) is 53.2 Å². The van der Waals surface area contributed by atoms with Gasteiger partial charge in [0.1, 0.15) is 0 Å². The summed E-state index contributed by atoms with van der Waals surface area (Å²) in [4.78, 5) is 16.3. The number of cyclic esters (lactones) is 1. The van der Waals surface area contributed by atoms with Crippen molar-refractivity contribution in [3.63, 3.8) is 0 Å². The molecule has 3 nitrogen and oxygen atoms in total. The molecule has 0 amide bonds. The van der Waals surface area contributed by atoms with Crippen LogP contribution in [0.2, 0.25) is 5.02 Å². The second-order valence-corrected chi connectivity index (χ2v) is 5.64. The fourth-order valence-corrected chi connectivity index (χ4v) is 2.31. The van der Waals surface area contributed by atoms with Gasteiger partial charge in [-0.1, -0.05) is 35.4 Å². The smallest absolute Gasteiger partial charge is 0.363 e. The minimum atomic E-state index is -0.439. The summed E-state index contributed by atoms with van der Waals surface area (Å²) in [5.74, 6) is -0.135. The van der Waals surface area contributed by atoms with Crippen LogP contribution in [0.25, 0.3) is 6.08 Å². The molecule has 3 rings (SSSR count). The van der Waals surface area contributed by atoms with Crippen LogP contribution in [-0.2, 0) is 9.53 Å². The molecule has 0 radical (unpaired) electrons. The van der Waals surface area contributed by atoms with Crippen molar-refractivity contribution in [3.8, 4) is 0 Å². The zero-order chi connectivity index (χ0) is 15.7. The van der Waals surface area contributed by atoms with E-state index in [1.54, 1.807) is 30.3 Å². The van der Waals surface area contributed by atoms with Crippen molar-refractivity contribution >= 4 is 29.5 Å². The first-order valence-electron chi connectivity index (χ1n) is 6.89. The summed E-state index contributed by atoms with van der Waals surface area (Å²) in [6.07, 6.45) is 1.76. The van der Waals surface area contributed by atoms with E-state index >= 15 is 0 Å². The summed E-state index contributed by atoms with van der Waals surface area (Å²) >= 11 is 5.86. The second kappa shape index (κ2) is 5.78. The zero-order valence-corrected chi connectivity index (χ0v) is 13.0. The number of hydrogen-bond donors (Lipinski definition) is 0. The Kier molecular flexibility index (Phi) is 3.82. The lowest BCUT2D eigenvalue weighted by molar-refractivity contribution is -0.129. The minimum Gasteiger partial charge on any atom is -0.402 e. The van der Waals surface area contributed by atoms with Gasteiger partial charge in [-0.05, 0) is 55.3 Å². The largest absolute Gasteiger partial charge is 0.402 e. The Balaban J connectivity index is 1.97. The molecule has 0 saturated carbocycles. The standard InChI is InChI=1S/C18H14ClNO2/c1-11-3-4-12(2)14(9-11)10-16-18(21)22-17(20-16)13-5-7-15(19)8-6-13/h3-10H,1-2H3/b16-10+. The van der Waals surface area contributed by atoms with E-state index in [2.05, 4.69) is 4.99 Å². The molecule has 1 aliphatic rings. The van der Waals surface area contributed by atoms with Crippen molar-refractivity contribution in [2.45, 2.75) is 13.8 Å². The number of carbonyl (C=O) groups excluding carboxylic acids is 1. The molecule has 0 N–H and O–H groups in total. The molecule has 1 heterocycles. The van der Waals surface area contributed by atoms with Gasteiger partial charge in [0.2, 0.25) is 5.90 Å². The maximum Gasteiger partial charge on any atom is 0.363 e. The topological polar surface area (TPSA) is 38.7 Å². The molecule has 4 heteroatoms. The van der Waals surface area contributed by atoms with Crippen LogP contribution >= 0.6 is 11.6 Å². The lowest BCUT2D eigenvalue weighted by Gasteiger charge is -2.01. The fraction of sp³-hybridized carbons (Fsp3) is 0.111. The van der Waals surface area contributed by atoms with E-state index in [1.807, 2.05) is 32.0 Å². The van der Waals surface area contributed by atoms with E-state index in [0.29, 0.717) is 16.6 Å². The third-order valence-electron chi connectivity index (χ3n) is 3.44. The van der Waals surface area contributed by atoms with Gasteiger partial charge in [-0.25, -0.2) is 9.79 Å². The van der Waals surface area contributed by atoms with E-state index in [1.165, 1.54) is 0 Å². The molecule has 0 fully saturated rings. The van der Waals surface area contributed by atoms with Gasteiger partial charge in [0.05, 0.1) is 0 Å². The van der Waals surface area contributed by atoms with Crippen molar-refractivity contribution in [1.29, 1.82) is 0 Å². The fourth-order valence-electron chi connectivity index (χ4n) is 2.19. The van der Waals surface area contributed by atoms with Crippen molar-refractivity contribution < 1.29 is 9.53 Å². The third kappa shape index (κ3) is 2.95. The van der Waals surface area contributed by atoms with Gasteiger partial charge >= 0.3 is 5.97 Å². The Labute approximate surface area is 133 Å². The predicted octanol–water partition coefficient (Wildman–Crippen LogP) is 4.30. The number of carbonyl (C=O) groups is 1. The Hall–Kier alpha value is -2.39. The van der Waals surface area contributed by atoms with Crippen LogP contribution in [0.3, 0.4) is 0 Å². The Morgan fingerprint density at radius 3 is 2.55 bits per heavy atom. The van der Waals surface area contributed by atoms with Gasteiger partial charge in [-0.3, -0.25) is 0 Å². The van der Waals surface area contributed by atoms with Crippen molar-refractivity contribution in [2.75, 3.05) is 0 Å². The summed E-state index contributed by atoms with van der Waals surface area (Å²) in [6.45, 7) is 4.01. The predicted molar refractivity (Wildman–Crippen MR) is 88.0 cm³/mol. The van der Waals surface area contributed by atoms with Gasteiger partial charge in [0, 0.05) is 10.6 Å². The zero-order valence-electron chi connectivity index (χ0n) is 12.3. The molecule has 0 atom stereocenters. The molecule has 1 aliphatic heterocycles. The van der Waals surface area contributed by atoms with Gasteiger partial charge < -0.3 is 4.74 Å². The molecule has 0 saturated heterocycles. The van der Waals surface area contributed by atoms with E-state index in [4.69, 9.17) is 16.3 Å². The number of halogens is 1. The summed E-state index contributed by atoms with van der Waals surface area (Å²) in [6, 6.07) is 13.1. The van der Waals surface area contributed by atoms with Crippen molar-refractivity contribution in [1.82, 2.24) is 0 Å². The maximum atomic E-state index is 12.0. The Bertz CT molecular complexity index is 804. The first-order valence-corrected chi connectivity index (χ1v) is 7.26. The third-order valence-corrected chi connectivity index (χ3v) is 3.69. The lowest BCUT2D eigenvalue weighted by Crippen LogP contribution is -2.05. The minimum absolute atomic E-state index is 0.304. The van der Waals surface area contributed by atoms with Crippen LogP contribution in [0.4, 0.5) is 0 Å². The van der Waals surface area contributed by atoms with Gasteiger partial charge in [-0.15, -0.1) is 0 Å². The highest BCUT2D eigenvalue weighted by molar-refractivity contribution is 6.30. The highest BCUT2D eigenvalue weighted by atomic mass is 35.5. The number of esters is 1. The van der Waals surface area contributed by atoms with E-state index in [9.17, 15) is 4.79 Å². The molecule has 2 aromatic rings. The number of hydrogen-bond acceptors (Lipinski definition) is 3. The number of nitrogens with zero attached hydrogens (tertiary/aromatic N) is 1. The van der Waals surface area contributed by atoms with Crippen molar-refractivity contribution in [3.05, 3.63) is 75.4 Å². The van der Waals surface area contributed by atoms with Crippen molar-refractivity contribution in [2.24, 2.45) is 4.99 Å². The highest BCUT2D eigenvalue weighted by Gasteiger charge is 2.24. The SMILES string of the molecule is Cc1ccc(C)c(/C=C2/N=C(c3ccc(Cl)cc3)OC2=O)c1. The number of benzene rings is 2. The van der Waals surface area contributed by atoms with Crippen LogP contribution < -0.4 is 0 Å². The maximum absolute atomic E-state index is 12.0. The van der Waals surface area contributed by atoms with Crippen LogP contribution in [0.1, 0.15) is 22.3 Å². The lowest BCUT2D eigenvalue weighted by atomic mass is 10.0. The molecule has 2 aromatic carbocycles. The monoisotopic (exact) mass is 311 g/mol. The first-order chi connectivity index (χ1) is 10.5. The molecule has 0 aromatic heterocycles. The van der Waals surface area contributed by atoms with Gasteiger partial charge in [-0.2, -0.15) is 0 Å². The number of aryl methyl sites for hydroxylation is 2. The normalized spacial score (nSPS) is 15.9. The van der Waals surface area contributed by atoms with Crippen LogP contribution in [0, 0.1) is 13.8 Å². The van der Waals surface area contributed by atoms with Gasteiger partial charge in [0.25, 0.3) is 0 Å². The van der Waals surface area contributed by atoms with E-state index < -0.39 is 5.97 Å². The molecule has 0 aliphatic carbocycles. The molecule has 0 unspecified atom stereocenters. The molecule has 0 spiro atoms. The Morgan fingerprint density at radius 1 is 1.09 bits per heavy atom. The summed E-state index contributed by atoms with van der Waals surface area (Å²) in [7, 11) is 0. The average Bonchev–Trinajstić information content (AvgIpc) is 2.85. The first kappa shape index (κ1) is 14.5. The summed E-state index contributed by atoms with van der Waals surface area (Å²) in [5.41, 5.74) is 4.21. The Morgan fingerprint density at radius 2 is 1.82 bits per heavy atom.